The van der Waals surface area contributed by atoms with Gasteiger partial charge in [-0.1, -0.05) is 30.4 Å². The van der Waals surface area contributed by atoms with Crippen molar-refractivity contribution < 1.29 is 4.79 Å². The molecular weight excluding hydrogens is 268 g/mol. The predicted octanol–water partition coefficient (Wildman–Crippen LogP) is 2.18. The summed E-state index contributed by atoms with van der Waals surface area (Å²) in [4.78, 5) is 12.3. The average molecular weight is 290 g/mol. The van der Waals surface area contributed by atoms with Crippen LogP contribution in [0.15, 0.2) is 18.2 Å². The molecule has 0 bridgehead atoms. The molecular formula is C16H22N2OS. The minimum Gasteiger partial charge on any atom is -0.349 e. The number of thioether (sulfide) groups is 1. The van der Waals surface area contributed by atoms with Crippen molar-refractivity contribution in [3.63, 3.8) is 0 Å². The summed E-state index contributed by atoms with van der Waals surface area (Å²) < 4.78 is 0. The Hall–Kier alpha value is -1.44. The molecule has 108 valence electrons. The summed E-state index contributed by atoms with van der Waals surface area (Å²) in [5.41, 5.74) is 7.79. The van der Waals surface area contributed by atoms with E-state index in [4.69, 9.17) is 5.73 Å². The molecule has 1 rings (SSSR count). The predicted molar refractivity (Wildman–Crippen MR) is 87.0 cm³/mol. The van der Waals surface area contributed by atoms with Crippen LogP contribution < -0.4 is 11.1 Å². The lowest BCUT2D eigenvalue weighted by molar-refractivity contribution is 0.0943. The van der Waals surface area contributed by atoms with Crippen LogP contribution in [0.5, 0.6) is 0 Å². The SMILES string of the molecule is CCSCC(C)NC(=O)c1cc(C)ccc1C#CCN. The fourth-order valence-electron chi connectivity index (χ4n) is 1.74. The summed E-state index contributed by atoms with van der Waals surface area (Å²) in [5, 5.41) is 3.02. The Morgan fingerprint density at radius 2 is 2.25 bits per heavy atom. The van der Waals surface area contributed by atoms with Gasteiger partial charge < -0.3 is 11.1 Å². The van der Waals surface area contributed by atoms with Gasteiger partial charge in [-0.2, -0.15) is 11.8 Å². The van der Waals surface area contributed by atoms with Gasteiger partial charge in [0.1, 0.15) is 0 Å². The number of amides is 1. The number of aryl methyl sites for hydroxylation is 1. The van der Waals surface area contributed by atoms with E-state index < -0.39 is 0 Å². The van der Waals surface area contributed by atoms with Crippen LogP contribution in [0.1, 0.15) is 35.3 Å². The van der Waals surface area contributed by atoms with Crippen molar-refractivity contribution in [3.8, 4) is 11.8 Å². The number of rotatable bonds is 5. The second kappa shape index (κ2) is 8.68. The lowest BCUT2D eigenvalue weighted by atomic mass is 10.0. The molecule has 1 atom stereocenters. The fourth-order valence-corrected chi connectivity index (χ4v) is 2.41. The van der Waals surface area contributed by atoms with E-state index in [9.17, 15) is 4.79 Å². The second-order valence-electron chi connectivity index (χ2n) is 4.59. The number of carbonyl (C=O) groups is 1. The monoisotopic (exact) mass is 290 g/mol. The first-order valence-corrected chi connectivity index (χ1v) is 7.92. The highest BCUT2D eigenvalue weighted by molar-refractivity contribution is 7.99. The first kappa shape index (κ1) is 16.6. The van der Waals surface area contributed by atoms with E-state index in [1.165, 1.54) is 0 Å². The summed E-state index contributed by atoms with van der Waals surface area (Å²) in [6.07, 6.45) is 0. The Bertz CT molecular complexity index is 517. The molecule has 1 amide bonds. The molecule has 0 saturated carbocycles. The van der Waals surface area contributed by atoms with Gasteiger partial charge >= 0.3 is 0 Å². The first-order valence-electron chi connectivity index (χ1n) is 6.76. The third-order valence-electron chi connectivity index (χ3n) is 2.69. The number of nitrogens with two attached hydrogens (primary N) is 1. The summed E-state index contributed by atoms with van der Waals surface area (Å²) in [6.45, 7) is 6.38. The van der Waals surface area contributed by atoms with Crippen molar-refractivity contribution in [2.45, 2.75) is 26.8 Å². The Labute approximate surface area is 125 Å². The van der Waals surface area contributed by atoms with Crippen LogP contribution >= 0.6 is 11.8 Å². The van der Waals surface area contributed by atoms with Crippen molar-refractivity contribution in [2.24, 2.45) is 5.73 Å². The van der Waals surface area contributed by atoms with Gasteiger partial charge in [0, 0.05) is 17.4 Å². The van der Waals surface area contributed by atoms with E-state index in [0.29, 0.717) is 12.1 Å². The van der Waals surface area contributed by atoms with Crippen LogP contribution in [-0.2, 0) is 0 Å². The lowest BCUT2D eigenvalue weighted by Crippen LogP contribution is -2.34. The van der Waals surface area contributed by atoms with Crippen LogP contribution in [0.3, 0.4) is 0 Å². The second-order valence-corrected chi connectivity index (χ2v) is 5.91. The number of hydrogen-bond donors (Lipinski definition) is 2. The summed E-state index contributed by atoms with van der Waals surface area (Å²) in [7, 11) is 0. The summed E-state index contributed by atoms with van der Waals surface area (Å²) in [5.74, 6) is 7.65. The largest absolute Gasteiger partial charge is 0.349 e. The fraction of sp³-hybridized carbons (Fsp3) is 0.438. The highest BCUT2D eigenvalue weighted by Gasteiger charge is 2.13. The smallest absolute Gasteiger partial charge is 0.252 e. The van der Waals surface area contributed by atoms with Gasteiger partial charge in [0.05, 0.1) is 12.1 Å². The zero-order chi connectivity index (χ0) is 15.0. The van der Waals surface area contributed by atoms with Crippen LogP contribution in [0, 0.1) is 18.8 Å². The molecule has 1 aromatic rings. The number of nitrogens with one attached hydrogen (secondary N) is 1. The molecule has 0 aliphatic rings. The van der Waals surface area contributed by atoms with Crippen molar-refractivity contribution in [1.82, 2.24) is 5.32 Å². The van der Waals surface area contributed by atoms with Gasteiger partial charge in [0.15, 0.2) is 0 Å². The lowest BCUT2D eigenvalue weighted by Gasteiger charge is -2.14. The number of carbonyl (C=O) groups excluding carboxylic acids is 1. The zero-order valence-electron chi connectivity index (χ0n) is 12.3. The normalized spacial score (nSPS) is 11.4. The molecule has 0 saturated heterocycles. The molecule has 20 heavy (non-hydrogen) atoms. The molecule has 3 nitrogen and oxygen atoms in total. The van der Waals surface area contributed by atoms with E-state index in [1.54, 1.807) is 0 Å². The standard InChI is InChI=1S/C16H22N2OS/c1-4-20-11-13(3)18-16(19)15-10-12(2)7-8-14(15)6-5-9-17/h7-8,10,13H,4,9,11,17H2,1-3H3,(H,18,19). The minimum atomic E-state index is -0.0702. The molecule has 4 heteroatoms. The van der Waals surface area contributed by atoms with Crippen LogP contribution in [-0.4, -0.2) is 30.0 Å². The maximum atomic E-state index is 12.3. The van der Waals surface area contributed by atoms with Crippen molar-refractivity contribution in [1.29, 1.82) is 0 Å². The maximum Gasteiger partial charge on any atom is 0.252 e. The molecule has 0 spiro atoms. The summed E-state index contributed by atoms with van der Waals surface area (Å²) in [6, 6.07) is 5.84. The van der Waals surface area contributed by atoms with Gasteiger partial charge in [-0.3, -0.25) is 4.79 Å². The van der Waals surface area contributed by atoms with Crippen molar-refractivity contribution >= 4 is 17.7 Å². The van der Waals surface area contributed by atoms with Crippen molar-refractivity contribution in [3.05, 3.63) is 34.9 Å². The van der Waals surface area contributed by atoms with Crippen LogP contribution in [0.2, 0.25) is 0 Å². The maximum absolute atomic E-state index is 12.3. The molecule has 3 N–H and O–H groups in total. The quantitative estimate of drug-likeness (QED) is 0.817. The molecule has 0 aromatic heterocycles. The molecule has 0 aliphatic heterocycles. The van der Waals surface area contributed by atoms with Crippen LogP contribution in [0.25, 0.3) is 0 Å². The topological polar surface area (TPSA) is 55.1 Å². The van der Waals surface area contributed by atoms with Gasteiger partial charge in [-0.15, -0.1) is 0 Å². The van der Waals surface area contributed by atoms with E-state index >= 15 is 0 Å². The average Bonchev–Trinajstić information content (AvgIpc) is 2.43. The van der Waals surface area contributed by atoms with Crippen molar-refractivity contribution in [2.75, 3.05) is 18.1 Å². The molecule has 1 unspecified atom stereocenters. The van der Waals surface area contributed by atoms with Gasteiger partial charge in [-0.05, 0) is 31.7 Å². The van der Waals surface area contributed by atoms with Gasteiger partial charge in [0.2, 0.25) is 0 Å². The number of hydrogen-bond acceptors (Lipinski definition) is 3. The molecule has 0 radical (unpaired) electrons. The Morgan fingerprint density at radius 1 is 1.50 bits per heavy atom. The van der Waals surface area contributed by atoms with E-state index in [0.717, 1.165) is 22.6 Å². The highest BCUT2D eigenvalue weighted by Crippen LogP contribution is 2.12. The first-order chi connectivity index (χ1) is 9.58. The third kappa shape index (κ3) is 5.28. The molecule has 1 aromatic carbocycles. The Balaban J connectivity index is 2.88. The van der Waals surface area contributed by atoms with Gasteiger partial charge in [-0.25, -0.2) is 0 Å². The highest BCUT2D eigenvalue weighted by atomic mass is 32.2. The Kier molecular flexibility index (Phi) is 7.21. The third-order valence-corrected chi connectivity index (χ3v) is 3.84. The van der Waals surface area contributed by atoms with E-state index in [-0.39, 0.29) is 11.9 Å². The zero-order valence-corrected chi connectivity index (χ0v) is 13.1. The van der Waals surface area contributed by atoms with Gasteiger partial charge in [0.25, 0.3) is 5.91 Å². The summed E-state index contributed by atoms with van der Waals surface area (Å²) >= 11 is 1.82. The van der Waals surface area contributed by atoms with E-state index in [2.05, 4.69) is 24.1 Å². The molecule has 0 fully saturated rings. The molecule has 0 aliphatic carbocycles. The Morgan fingerprint density at radius 3 is 2.90 bits per heavy atom. The van der Waals surface area contributed by atoms with Crippen LogP contribution in [0.4, 0.5) is 0 Å². The van der Waals surface area contributed by atoms with E-state index in [1.807, 2.05) is 43.8 Å². The molecule has 0 heterocycles. The number of benzene rings is 1. The minimum absolute atomic E-state index is 0.0702.